The summed E-state index contributed by atoms with van der Waals surface area (Å²) in [6, 6.07) is 10.5. The van der Waals surface area contributed by atoms with E-state index in [0.29, 0.717) is 48.7 Å². The highest BCUT2D eigenvalue weighted by molar-refractivity contribution is 7.92. The molecule has 14 heteroatoms. The Hall–Kier alpha value is -4.17. The lowest BCUT2D eigenvalue weighted by Gasteiger charge is -2.31. The maximum absolute atomic E-state index is 14.2. The number of benzene rings is 1. The molecule has 1 aliphatic rings. The highest BCUT2D eigenvalue weighted by atomic mass is 32.2. The maximum Gasteiger partial charge on any atom is 0.418 e. The van der Waals surface area contributed by atoms with Crippen molar-refractivity contribution >= 4 is 21.5 Å². The van der Waals surface area contributed by atoms with Gasteiger partial charge in [-0.3, -0.25) is 14.3 Å². The van der Waals surface area contributed by atoms with Gasteiger partial charge in [0.05, 0.1) is 28.9 Å². The van der Waals surface area contributed by atoms with Crippen LogP contribution in [0, 0.1) is 0 Å². The fourth-order valence-corrected chi connectivity index (χ4v) is 5.12. The Morgan fingerprint density at radius 1 is 1.00 bits per heavy atom. The molecule has 5 rings (SSSR count). The SMILES string of the molecule is Cn1cc(-c2cc(-c3ccc(NS(C)(=O)=O)nc3)ccn2)n(-c2ccc(N3CCNCC3)c(C(F)(F)F)c2)c1=O. The van der Waals surface area contributed by atoms with Crippen LogP contribution in [-0.2, 0) is 23.2 Å². The van der Waals surface area contributed by atoms with Crippen LogP contribution >= 0.6 is 0 Å². The minimum Gasteiger partial charge on any atom is -0.368 e. The zero-order chi connectivity index (χ0) is 28.7. The number of rotatable bonds is 6. The molecule has 1 fully saturated rings. The highest BCUT2D eigenvalue weighted by Crippen LogP contribution is 2.38. The number of piperazine rings is 1. The Balaban J connectivity index is 1.56. The average molecular weight is 574 g/mol. The second-order valence-electron chi connectivity index (χ2n) is 9.42. The molecular weight excluding hydrogens is 547 g/mol. The van der Waals surface area contributed by atoms with Gasteiger partial charge in [0.2, 0.25) is 10.0 Å². The molecule has 1 aromatic carbocycles. The van der Waals surface area contributed by atoms with Gasteiger partial charge in [0, 0.05) is 63.1 Å². The Morgan fingerprint density at radius 3 is 2.40 bits per heavy atom. The number of nitrogens with one attached hydrogen (secondary N) is 2. The summed E-state index contributed by atoms with van der Waals surface area (Å²) in [6.45, 7) is 2.04. The van der Waals surface area contributed by atoms with Crippen LogP contribution in [0.25, 0.3) is 28.2 Å². The molecule has 40 heavy (non-hydrogen) atoms. The molecule has 1 saturated heterocycles. The zero-order valence-corrected chi connectivity index (χ0v) is 22.4. The summed E-state index contributed by atoms with van der Waals surface area (Å²) in [7, 11) is -1.97. The summed E-state index contributed by atoms with van der Waals surface area (Å²) in [5.74, 6) is 0.155. The smallest absolute Gasteiger partial charge is 0.368 e. The molecule has 1 aliphatic heterocycles. The van der Waals surface area contributed by atoms with Crippen LogP contribution < -0.4 is 20.6 Å². The third kappa shape index (κ3) is 5.72. The Morgan fingerprint density at radius 2 is 1.75 bits per heavy atom. The van der Waals surface area contributed by atoms with E-state index in [1.54, 1.807) is 23.1 Å². The molecule has 0 aliphatic carbocycles. The number of imidazole rings is 1. The van der Waals surface area contributed by atoms with Crippen LogP contribution in [0.3, 0.4) is 0 Å². The van der Waals surface area contributed by atoms with Crippen molar-refractivity contribution in [1.29, 1.82) is 0 Å². The van der Waals surface area contributed by atoms with Crippen LogP contribution in [0.1, 0.15) is 5.56 Å². The van der Waals surface area contributed by atoms with Gasteiger partial charge < -0.3 is 14.8 Å². The number of aryl methyl sites for hydroxylation is 1. The summed E-state index contributed by atoms with van der Waals surface area (Å²) in [5, 5.41) is 3.13. The summed E-state index contributed by atoms with van der Waals surface area (Å²) < 4.78 is 70.3. The topological polar surface area (TPSA) is 114 Å². The van der Waals surface area contributed by atoms with Gasteiger partial charge >= 0.3 is 11.9 Å². The van der Waals surface area contributed by atoms with E-state index in [1.807, 2.05) is 0 Å². The Labute approximate surface area is 228 Å². The van der Waals surface area contributed by atoms with Gasteiger partial charge in [0.15, 0.2) is 0 Å². The summed E-state index contributed by atoms with van der Waals surface area (Å²) in [5.41, 5.74) is 0.770. The van der Waals surface area contributed by atoms with Gasteiger partial charge in [-0.1, -0.05) is 0 Å². The van der Waals surface area contributed by atoms with E-state index in [0.717, 1.165) is 12.3 Å². The fourth-order valence-electron chi connectivity index (χ4n) is 4.62. The second-order valence-corrected chi connectivity index (χ2v) is 11.2. The molecule has 4 aromatic rings. The van der Waals surface area contributed by atoms with Crippen LogP contribution in [0.15, 0.2) is 65.8 Å². The predicted molar refractivity (Wildman–Crippen MR) is 146 cm³/mol. The van der Waals surface area contributed by atoms with E-state index in [4.69, 9.17) is 0 Å². The largest absolute Gasteiger partial charge is 0.418 e. The summed E-state index contributed by atoms with van der Waals surface area (Å²) >= 11 is 0. The lowest BCUT2D eigenvalue weighted by molar-refractivity contribution is -0.137. The molecule has 0 amide bonds. The van der Waals surface area contributed by atoms with Crippen molar-refractivity contribution in [2.24, 2.45) is 7.05 Å². The van der Waals surface area contributed by atoms with Crippen LogP contribution in [0.4, 0.5) is 24.7 Å². The van der Waals surface area contributed by atoms with E-state index in [-0.39, 0.29) is 17.2 Å². The lowest BCUT2D eigenvalue weighted by atomic mass is 10.1. The first-order valence-electron chi connectivity index (χ1n) is 12.3. The molecule has 0 spiro atoms. The number of pyridine rings is 2. The lowest BCUT2D eigenvalue weighted by Crippen LogP contribution is -2.44. The number of aromatic nitrogens is 4. The first-order chi connectivity index (χ1) is 18.9. The van der Waals surface area contributed by atoms with Gasteiger partial charge in [-0.05, 0) is 48.0 Å². The standard InChI is InChI=1S/C26H26F3N7O3S/c1-34-16-23(21-13-17(7-8-31-21)18-3-6-24(32-15-18)33-40(2,38)39)36(25(34)37)19-4-5-22(20(14-19)26(27,28)29)35-11-9-30-10-12-35/h3-8,13-16,30H,9-12H2,1-2H3,(H,32,33). The molecule has 0 saturated carbocycles. The van der Waals surface area contributed by atoms with E-state index in [2.05, 4.69) is 20.0 Å². The predicted octanol–water partition coefficient (Wildman–Crippen LogP) is 3.10. The zero-order valence-electron chi connectivity index (χ0n) is 21.6. The number of hydrogen-bond donors (Lipinski definition) is 2. The second kappa shape index (κ2) is 10.4. The summed E-state index contributed by atoms with van der Waals surface area (Å²) in [4.78, 5) is 23.3. The summed E-state index contributed by atoms with van der Waals surface area (Å²) in [6.07, 6.45) is 0.910. The van der Waals surface area contributed by atoms with Crippen molar-refractivity contribution < 1.29 is 21.6 Å². The third-order valence-corrected chi connectivity index (χ3v) is 7.04. The normalized spacial score (nSPS) is 14.4. The Kier molecular flexibility index (Phi) is 7.14. The maximum atomic E-state index is 14.2. The number of alkyl halides is 3. The van der Waals surface area contributed by atoms with Gasteiger partial charge in [-0.25, -0.2) is 18.2 Å². The fraction of sp³-hybridized carbons (Fsp3) is 0.269. The third-order valence-electron chi connectivity index (χ3n) is 6.46. The van der Waals surface area contributed by atoms with Gasteiger partial charge in [-0.15, -0.1) is 0 Å². The first-order valence-corrected chi connectivity index (χ1v) is 14.2. The van der Waals surface area contributed by atoms with Crippen molar-refractivity contribution in [3.63, 3.8) is 0 Å². The quantitative estimate of drug-likeness (QED) is 0.365. The average Bonchev–Trinajstić information content (AvgIpc) is 3.22. The first kappa shape index (κ1) is 27.4. The number of nitrogens with zero attached hydrogens (tertiary/aromatic N) is 5. The van der Waals surface area contributed by atoms with E-state index >= 15 is 0 Å². The molecule has 0 unspecified atom stereocenters. The van der Waals surface area contributed by atoms with Crippen molar-refractivity contribution in [3.05, 3.63) is 77.1 Å². The van der Waals surface area contributed by atoms with E-state index in [1.165, 1.54) is 53.0 Å². The molecule has 0 atom stereocenters. The minimum atomic E-state index is -4.63. The molecular formula is C26H26F3N7O3S. The number of hydrogen-bond acceptors (Lipinski definition) is 7. The molecule has 210 valence electrons. The molecule has 4 heterocycles. The van der Waals surface area contributed by atoms with E-state index < -0.39 is 27.5 Å². The minimum absolute atomic E-state index is 0.0666. The van der Waals surface area contributed by atoms with Crippen molar-refractivity contribution in [3.8, 4) is 28.2 Å². The van der Waals surface area contributed by atoms with E-state index in [9.17, 15) is 26.4 Å². The van der Waals surface area contributed by atoms with Crippen molar-refractivity contribution in [2.45, 2.75) is 6.18 Å². The Bertz CT molecular complexity index is 1710. The van der Waals surface area contributed by atoms with Crippen LogP contribution in [0.2, 0.25) is 0 Å². The van der Waals surface area contributed by atoms with Crippen molar-refractivity contribution in [1.82, 2.24) is 24.4 Å². The highest BCUT2D eigenvalue weighted by Gasteiger charge is 2.36. The molecule has 10 nitrogen and oxygen atoms in total. The van der Waals surface area contributed by atoms with Gasteiger partial charge in [0.1, 0.15) is 5.82 Å². The van der Waals surface area contributed by atoms with Gasteiger partial charge in [-0.2, -0.15) is 13.2 Å². The molecule has 0 bridgehead atoms. The molecule has 0 radical (unpaired) electrons. The number of halogens is 3. The molecule has 2 N–H and O–H groups in total. The van der Waals surface area contributed by atoms with Crippen molar-refractivity contribution in [2.75, 3.05) is 42.1 Å². The monoisotopic (exact) mass is 573 g/mol. The molecule has 3 aromatic heterocycles. The van der Waals surface area contributed by atoms with Crippen LogP contribution in [0.5, 0.6) is 0 Å². The van der Waals surface area contributed by atoms with Crippen LogP contribution in [-0.4, -0.2) is 60.0 Å². The number of sulfonamides is 1. The van der Waals surface area contributed by atoms with Gasteiger partial charge in [0.25, 0.3) is 0 Å². The number of anilines is 2.